The molecule has 0 aromatic carbocycles. The van der Waals surface area contributed by atoms with Gasteiger partial charge in [0.1, 0.15) is 6.29 Å². The van der Waals surface area contributed by atoms with E-state index in [2.05, 4.69) is 19.6 Å². The first-order chi connectivity index (χ1) is 6.94. The maximum atomic E-state index is 10.8. The molecular weight excluding hydrogens is 184 g/mol. The van der Waals surface area contributed by atoms with Crippen LogP contribution in [0, 0.1) is 11.3 Å². The summed E-state index contributed by atoms with van der Waals surface area (Å²) >= 11 is 0. The lowest BCUT2D eigenvalue weighted by Crippen LogP contribution is -2.16. The van der Waals surface area contributed by atoms with Crippen LogP contribution < -0.4 is 0 Å². The molecule has 0 amide bonds. The number of carbonyl (C=O) groups excluding carboxylic acids is 1. The Labute approximate surface area is 93.3 Å². The summed E-state index contributed by atoms with van der Waals surface area (Å²) in [5.74, 6) is 0.660. The molecule has 0 aromatic heterocycles. The topological polar surface area (TPSA) is 17.1 Å². The first kappa shape index (κ1) is 12.2. The molecule has 1 atom stereocenters. The lowest BCUT2D eigenvalue weighted by molar-refractivity contribution is -0.114. The number of rotatable bonds is 4. The summed E-state index contributed by atoms with van der Waals surface area (Å²) in [4.78, 5) is 10.8. The van der Waals surface area contributed by atoms with Gasteiger partial charge in [0, 0.05) is 5.41 Å². The molecule has 0 spiro atoms. The van der Waals surface area contributed by atoms with Gasteiger partial charge in [0.15, 0.2) is 0 Å². The highest BCUT2D eigenvalue weighted by molar-refractivity contribution is 5.58. The molecule has 84 valence electrons. The van der Waals surface area contributed by atoms with E-state index in [1.807, 2.05) is 13.8 Å². The van der Waals surface area contributed by atoms with E-state index in [4.69, 9.17) is 0 Å². The minimum absolute atomic E-state index is 0.193. The summed E-state index contributed by atoms with van der Waals surface area (Å²) in [6.07, 6.45) is 7.75. The van der Waals surface area contributed by atoms with Crippen LogP contribution in [0.1, 0.15) is 46.5 Å². The van der Waals surface area contributed by atoms with Gasteiger partial charge in [0.25, 0.3) is 0 Å². The molecule has 1 nitrogen and oxygen atoms in total. The largest absolute Gasteiger partial charge is 0.303 e. The summed E-state index contributed by atoms with van der Waals surface area (Å²) in [7, 11) is 0. The molecule has 0 N–H and O–H groups in total. The molecule has 1 rings (SSSR count). The summed E-state index contributed by atoms with van der Waals surface area (Å²) < 4.78 is 0. The van der Waals surface area contributed by atoms with Crippen LogP contribution in [0.2, 0.25) is 0 Å². The Morgan fingerprint density at radius 3 is 2.73 bits per heavy atom. The van der Waals surface area contributed by atoms with Gasteiger partial charge in [-0.2, -0.15) is 0 Å². The molecular formula is C14H22O. The zero-order valence-corrected chi connectivity index (χ0v) is 10.2. The molecule has 0 radical (unpaired) electrons. The predicted molar refractivity (Wildman–Crippen MR) is 64.7 cm³/mol. The maximum Gasteiger partial charge on any atom is 0.125 e. The van der Waals surface area contributed by atoms with Crippen LogP contribution in [-0.2, 0) is 4.79 Å². The maximum absolute atomic E-state index is 10.8. The first-order valence-electron chi connectivity index (χ1n) is 5.74. The third kappa shape index (κ3) is 3.65. The van der Waals surface area contributed by atoms with E-state index in [0.717, 1.165) is 25.5 Å². The van der Waals surface area contributed by atoms with Gasteiger partial charge in [-0.25, -0.2) is 0 Å². The summed E-state index contributed by atoms with van der Waals surface area (Å²) in [5, 5.41) is 0. The van der Waals surface area contributed by atoms with Crippen LogP contribution >= 0.6 is 0 Å². The van der Waals surface area contributed by atoms with Crippen molar-refractivity contribution in [1.29, 1.82) is 0 Å². The Bertz CT molecular complexity index is 284. The van der Waals surface area contributed by atoms with E-state index in [1.54, 1.807) is 0 Å². The fourth-order valence-electron chi connectivity index (χ4n) is 2.12. The van der Waals surface area contributed by atoms with Gasteiger partial charge in [0.2, 0.25) is 0 Å². The molecule has 0 heterocycles. The van der Waals surface area contributed by atoms with Crippen molar-refractivity contribution < 1.29 is 4.79 Å². The molecule has 15 heavy (non-hydrogen) atoms. The normalized spacial score (nSPS) is 22.1. The van der Waals surface area contributed by atoms with Crippen LogP contribution in [-0.4, -0.2) is 6.29 Å². The molecule has 0 saturated heterocycles. The van der Waals surface area contributed by atoms with Crippen molar-refractivity contribution in [2.45, 2.75) is 46.5 Å². The second-order valence-electron chi connectivity index (χ2n) is 5.46. The van der Waals surface area contributed by atoms with Crippen molar-refractivity contribution in [3.63, 3.8) is 0 Å². The number of carbonyl (C=O) groups is 1. The summed E-state index contributed by atoms with van der Waals surface area (Å²) in [6, 6.07) is 0. The van der Waals surface area contributed by atoms with Crippen molar-refractivity contribution in [2.24, 2.45) is 11.3 Å². The monoisotopic (exact) mass is 206 g/mol. The highest BCUT2D eigenvalue weighted by atomic mass is 16.1. The van der Waals surface area contributed by atoms with E-state index >= 15 is 0 Å². The third-order valence-corrected chi connectivity index (χ3v) is 3.20. The smallest absolute Gasteiger partial charge is 0.125 e. The van der Waals surface area contributed by atoms with Crippen molar-refractivity contribution in [3.8, 4) is 0 Å². The fraction of sp³-hybridized carbons (Fsp3) is 0.643. The van der Waals surface area contributed by atoms with E-state index < -0.39 is 0 Å². The number of allylic oxidation sites excluding steroid dienone is 3. The van der Waals surface area contributed by atoms with Crippen molar-refractivity contribution >= 4 is 6.29 Å². The minimum atomic E-state index is -0.193. The van der Waals surface area contributed by atoms with Crippen LogP contribution in [0.15, 0.2) is 23.8 Å². The Morgan fingerprint density at radius 1 is 1.67 bits per heavy atom. The zero-order valence-electron chi connectivity index (χ0n) is 10.2. The van der Waals surface area contributed by atoms with Crippen molar-refractivity contribution in [3.05, 3.63) is 23.8 Å². The second kappa shape index (κ2) is 4.78. The van der Waals surface area contributed by atoms with Gasteiger partial charge in [-0.3, -0.25) is 0 Å². The lowest BCUT2D eigenvalue weighted by Gasteiger charge is -2.25. The van der Waals surface area contributed by atoms with E-state index in [9.17, 15) is 4.79 Å². The SMILES string of the molecule is C=C(C)C1CC=C(CC(C)(C)C=O)CC1. The molecule has 1 heteroatoms. The van der Waals surface area contributed by atoms with E-state index in [-0.39, 0.29) is 5.41 Å². The van der Waals surface area contributed by atoms with Crippen LogP contribution in [0.4, 0.5) is 0 Å². The van der Waals surface area contributed by atoms with E-state index in [1.165, 1.54) is 17.6 Å². The highest BCUT2D eigenvalue weighted by Crippen LogP contribution is 2.33. The third-order valence-electron chi connectivity index (χ3n) is 3.20. The number of hydrogen-bond donors (Lipinski definition) is 0. The second-order valence-corrected chi connectivity index (χ2v) is 5.46. The molecule has 0 aliphatic heterocycles. The molecule has 0 bridgehead atoms. The Hall–Kier alpha value is -0.850. The quantitative estimate of drug-likeness (QED) is 0.503. The first-order valence-corrected chi connectivity index (χ1v) is 5.74. The average Bonchev–Trinajstić information content (AvgIpc) is 2.18. The average molecular weight is 206 g/mol. The van der Waals surface area contributed by atoms with Gasteiger partial charge >= 0.3 is 0 Å². The molecule has 0 fully saturated rings. The summed E-state index contributed by atoms with van der Waals surface area (Å²) in [6.45, 7) is 10.1. The Balaban J connectivity index is 2.54. The van der Waals surface area contributed by atoms with Gasteiger partial charge in [0.05, 0.1) is 0 Å². The molecule has 1 aliphatic rings. The highest BCUT2D eigenvalue weighted by Gasteiger charge is 2.21. The van der Waals surface area contributed by atoms with Crippen LogP contribution in [0.5, 0.6) is 0 Å². The van der Waals surface area contributed by atoms with Gasteiger partial charge in [-0.05, 0) is 38.5 Å². The van der Waals surface area contributed by atoms with Gasteiger partial charge in [-0.1, -0.05) is 37.6 Å². The predicted octanol–water partition coefficient (Wildman–Crippen LogP) is 3.90. The van der Waals surface area contributed by atoms with Gasteiger partial charge < -0.3 is 4.79 Å². The molecule has 0 aromatic rings. The number of aldehydes is 1. The van der Waals surface area contributed by atoms with Crippen LogP contribution in [0.25, 0.3) is 0 Å². The van der Waals surface area contributed by atoms with Crippen molar-refractivity contribution in [1.82, 2.24) is 0 Å². The standard InChI is InChI=1S/C14H22O/c1-11(2)13-7-5-12(6-8-13)9-14(3,4)10-15/h5,10,13H,1,6-9H2,2-4H3. The Morgan fingerprint density at radius 2 is 2.33 bits per heavy atom. The fourth-order valence-corrected chi connectivity index (χ4v) is 2.12. The van der Waals surface area contributed by atoms with Crippen LogP contribution in [0.3, 0.4) is 0 Å². The molecule has 1 aliphatic carbocycles. The summed E-state index contributed by atoms with van der Waals surface area (Å²) in [5.41, 5.74) is 2.55. The minimum Gasteiger partial charge on any atom is -0.303 e. The molecule has 1 unspecified atom stereocenters. The van der Waals surface area contributed by atoms with Gasteiger partial charge in [-0.15, -0.1) is 0 Å². The zero-order chi connectivity index (χ0) is 11.5. The number of hydrogen-bond acceptors (Lipinski definition) is 1. The van der Waals surface area contributed by atoms with Crippen molar-refractivity contribution in [2.75, 3.05) is 0 Å². The Kier molecular flexibility index (Phi) is 3.90. The van der Waals surface area contributed by atoms with E-state index in [0.29, 0.717) is 5.92 Å². The lowest BCUT2D eigenvalue weighted by atomic mass is 9.79. The molecule has 0 saturated carbocycles.